The van der Waals surface area contributed by atoms with Crippen LogP contribution in [0.1, 0.15) is 30.9 Å². The zero-order valence-corrected chi connectivity index (χ0v) is 19.6. The first kappa shape index (κ1) is 24.7. The summed E-state index contributed by atoms with van der Waals surface area (Å²) < 4.78 is 78.7. The fourth-order valence-corrected chi connectivity index (χ4v) is 7.40. The Labute approximate surface area is 182 Å². The first-order valence-electron chi connectivity index (χ1n) is 9.17. The van der Waals surface area contributed by atoms with Crippen molar-refractivity contribution in [2.75, 3.05) is 5.75 Å². The number of sulfone groups is 2. The lowest BCUT2D eigenvalue weighted by atomic mass is 10.2. The van der Waals surface area contributed by atoms with Crippen molar-refractivity contribution >= 4 is 34.2 Å². The first-order chi connectivity index (χ1) is 14.3. The van der Waals surface area contributed by atoms with Crippen LogP contribution >= 0.6 is 0 Å². The van der Waals surface area contributed by atoms with E-state index >= 15 is 0 Å². The van der Waals surface area contributed by atoms with Crippen molar-refractivity contribution in [2.45, 2.75) is 43.4 Å². The second kappa shape index (κ2) is 9.31. The molecule has 12 heteroatoms. The number of nitrogens with zero attached hydrogens (tertiary/aromatic N) is 2. The molecule has 0 amide bonds. The summed E-state index contributed by atoms with van der Waals surface area (Å²) in [7, 11) is -13.3. The predicted octanol–water partition coefficient (Wildman–Crippen LogP) is 2.65. The molecule has 2 aromatic rings. The average molecular weight is 487 g/mol. The van der Waals surface area contributed by atoms with Crippen LogP contribution in [0.3, 0.4) is 0 Å². The van der Waals surface area contributed by atoms with Crippen molar-refractivity contribution in [1.29, 1.82) is 0 Å². The summed E-state index contributed by atoms with van der Waals surface area (Å²) in [6, 6.07) is 8.39. The zero-order chi connectivity index (χ0) is 23.4. The molecule has 0 aliphatic carbocycles. The van der Waals surface area contributed by atoms with Crippen LogP contribution in [0, 0.1) is 13.8 Å². The van der Waals surface area contributed by atoms with Gasteiger partial charge in [-0.25, -0.2) is 16.8 Å². The van der Waals surface area contributed by atoms with E-state index in [1.165, 1.54) is 19.1 Å². The Morgan fingerprint density at radius 2 is 1.55 bits per heavy atom. The Balaban J connectivity index is 2.42. The van der Waals surface area contributed by atoms with Crippen LogP contribution in [0.2, 0.25) is 0 Å². The molecule has 0 spiro atoms. The van der Waals surface area contributed by atoms with Gasteiger partial charge in [-0.05, 0) is 56.2 Å². The fourth-order valence-electron chi connectivity index (χ4n) is 2.73. The second-order valence-corrected chi connectivity index (χ2v) is 12.5. The molecule has 0 aliphatic rings. The van der Waals surface area contributed by atoms with Gasteiger partial charge in [0.25, 0.3) is 19.7 Å². The van der Waals surface area contributed by atoms with E-state index in [0.717, 1.165) is 29.8 Å². The molecule has 0 radical (unpaired) electrons. The maximum atomic E-state index is 12.9. The second-order valence-electron chi connectivity index (χ2n) is 6.81. The molecule has 0 bridgehead atoms. The molecule has 0 fully saturated rings. The molecule has 0 atom stereocenters. The molecule has 2 rings (SSSR count). The van der Waals surface area contributed by atoms with Crippen LogP contribution in [0.4, 0.5) is 0 Å². The van der Waals surface area contributed by atoms with Gasteiger partial charge in [0, 0.05) is 0 Å². The third-order valence-electron chi connectivity index (χ3n) is 4.27. The van der Waals surface area contributed by atoms with E-state index < -0.39 is 39.1 Å². The molecule has 2 aromatic carbocycles. The molecule has 9 nitrogen and oxygen atoms in total. The summed E-state index contributed by atoms with van der Waals surface area (Å²) in [6.07, 6.45) is 1.05. The molecule has 31 heavy (non-hydrogen) atoms. The van der Waals surface area contributed by atoms with Gasteiger partial charge in [0.2, 0.25) is 0 Å². The maximum Gasteiger partial charge on any atom is 0.504 e. The summed E-state index contributed by atoms with van der Waals surface area (Å²) in [5.74, 6) is -0.325. The van der Waals surface area contributed by atoms with Crippen LogP contribution in [-0.2, 0) is 29.8 Å². The number of rotatable bonds is 7. The number of benzene rings is 2. The number of hydrogen-bond acceptors (Lipinski definition) is 7. The fraction of sp³-hybridized carbons (Fsp3) is 0.316. The van der Waals surface area contributed by atoms with Gasteiger partial charge in [-0.2, -0.15) is 8.42 Å². The lowest BCUT2D eigenvalue weighted by Crippen LogP contribution is -2.27. The average Bonchev–Trinajstić information content (AvgIpc) is 2.66. The Morgan fingerprint density at radius 1 is 0.935 bits per heavy atom. The summed E-state index contributed by atoms with van der Waals surface area (Å²) in [5, 5.41) is 0. The molecule has 0 N–H and O–H groups in total. The number of aryl methyl sites for hydroxylation is 2. The van der Waals surface area contributed by atoms with E-state index in [-0.39, 0.29) is 22.0 Å². The highest BCUT2D eigenvalue weighted by Crippen LogP contribution is 2.25. The normalized spacial score (nSPS) is 12.2. The van der Waals surface area contributed by atoms with Gasteiger partial charge >= 0.3 is 14.5 Å². The third-order valence-corrected chi connectivity index (χ3v) is 9.83. The molecule has 168 valence electrons. The van der Waals surface area contributed by atoms with Gasteiger partial charge in [0.05, 0.1) is 15.5 Å². The molecule has 0 saturated heterocycles. The van der Waals surface area contributed by atoms with E-state index in [1.807, 2.05) is 6.92 Å². The maximum absolute atomic E-state index is 12.9. The summed E-state index contributed by atoms with van der Waals surface area (Å²) >= 11 is 0. The van der Waals surface area contributed by atoms with Crippen LogP contribution in [0.25, 0.3) is 5.53 Å². The SMILES string of the molecule is CCCCS(=O)(=O)Oc1ccc(S(=O)(=O)C(=[N+]=[N-])S(=O)(=O)c2ccc(C)cc2C)cc1. The molecule has 0 aromatic heterocycles. The van der Waals surface area contributed by atoms with E-state index in [9.17, 15) is 30.8 Å². The van der Waals surface area contributed by atoms with Gasteiger partial charge in [0.1, 0.15) is 5.75 Å². The smallest absolute Gasteiger partial charge is 0.382 e. The highest BCUT2D eigenvalue weighted by molar-refractivity contribution is 8.31. The molecule has 0 heterocycles. The van der Waals surface area contributed by atoms with Gasteiger partial charge in [-0.15, -0.1) is 4.79 Å². The van der Waals surface area contributed by atoms with Crippen LogP contribution in [0.5, 0.6) is 5.75 Å². The molecule has 0 aliphatic heterocycles. The van der Waals surface area contributed by atoms with Crippen LogP contribution in [-0.4, -0.2) is 40.2 Å². The topological polar surface area (TPSA) is 148 Å². The minimum absolute atomic E-state index is 0.130. The minimum atomic E-state index is -4.75. The Kier molecular flexibility index (Phi) is 7.43. The Morgan fingerprint density at radius 3 is 2.06 bits per heavy atom. The Hall–Kier alpha value is -2.53. The summed E-state index contributed by atoms with van der Waals surface area (Å²) in [4.78, 5) is 1.76. The highest BCUT2D eigenvalue weighted by atomic mass is 32.3. The molecule has 0 unspecified atom stereocenters. The zero-order valence-electron chi connectivity index (χ0n) is 17.1. The number of unbranched alkanes of at least 4 members (excludes halogenated alkanes) is 1. The monoisotopic (exact) mass is 486 g/mol. The molecule has 0 saturated carbocycles. The van der Waals surface area contributed by atoms with Crippen molar-refractivity contribution in [3.63, 3.8) is 0 Å². The van der Waals surface area contributed by atoms with Crippen LogP contribution in [0.15, 0.2) is 52.3 Å². The predicted molar refractivity (Wildman–Crippen MR) is 115 cm³/mol. The van der Waals surface area contributed by atoms with Gasteiger partial charge in [-0.1, -0.05) is 31.0 Å². The van der Waals surface area contributed by atoms with Crippen LogP contribution < -0.4 is 4.18 Å². The van der Waals surface area contributed by atoms with Gasteiger partial charge < -0.3 is 9.71 Å². The van der Waals surface area contributed by atoms with Gasteiger partial charge in [0.15, 0.2) is 0 Å². The Bertz CT molecular complexity index is 1340. The highest BCUT2D eigenvalue weighted by Gasteiger charge is 2.44. The summed E-state index contributed by atoms with van der Waals surface area (Å²) in [6.45, 7) is 5.06. The first-order valence-corrected chi connectivity index (χ1v) is 13.7. The number of hydrogen-bond donors (Lipinski definition) is 0. The minimum Gasteiger partial charge on any atom is -0.382 e. The molecular formula is C19H22N2O7S3. The standard InChI is InChI=1S/C19H22N2O7S3/c1-4-5-12-29(22,23)28-16-7-9-17(10-8-16)30(24,25)19(21-20)31(26,27)18-11-6-14(2)13-15(18)3/h6-11,13H,4-5,12H2,1-3H3. The van der Waals surface area contributed by atoms with Crippen molar-refractivity contribution in [3.05, 3.63) is 59.1 Å². The molecular weight excluding hydrogens is 464 g/mol. The van der Waals surface area contributed by atoms with Crippen molar-refractivity contribution in [1.82, 2.24) is 0 Å². The van der Waals surface area contributed by atoms with Crippen molar-refractivity contribution in [2.24, 2.45) is 0 Å². The quantitative estimate of drug-likeness (QED) is 0.192. The van der Waals surface area contributed by atoms with E-state index in [4.69, 9.17) is 4.18 Å². The van der Waals surface area contributed by atoms with Crippen molar-refractivity contribution < 1.29 is 34.2 Å². The van der Waals surface area contributed by atoms with Crippen molar-refractivity contribution in [3.8, 4) is 5.75 Å². The van der Waals surface area contributed by atoms with E-state index in [1.54, 1.807) is 13.0 Å². The lowest BCUT2D eigenvalue weighted by Gasteiger charge is -2.08. The van der Waals surface area contributed by atoms with E-state index in [2.05, 4.69) is 4.79 Å². The third kappa shape index (κ3) is 5.59. The van der Waals surface area contributed by atoms with E-state index in [0.29, 0.717) is 12.8 Å². The summed E-state index contributed by atoms with van der Waals surface area (Å²) in [5.41, 5.74) is 10.3. The lowest BCUT2D eigenvalue weighted by molar-refractivity contribution is 0.00379. The van der Waals surface area contributed by atoms with Gasteiger partial charge in [-0.3, -0.25) is 0 Å². The largest absolute Gasteiger partial charge is 0.504 e.